The fourth-order valence-electron chi connectivity index (χ4n) is 2.27. The third-order valence-corrected chi connectivity index (χ3v) is 6.86. The summed E-state index contributed by atoms with van der Waals surface area (Å²) >= 11 is 1.61. The number of hydrogen-bond acceptors (Lipinski definition) is 5. The summed E-state index contributed by atoms with van der Waals surface area (Å²) in [4.78, 5) is 13.8. The van der Waals surface area contributed by atoms with Crippen molar-refractivity contribution in [3.8, 4) is 0 Å². The van der Waals surface area contributed by atoms with Gasteiger partial charge in [0.15, 0.2) is 9.84 Å². The lowest BCUT2D eigenvalue weighted by Gasteiger charge is -2.34. The first kappa shape index (κ1) is 17.8. The van der Waals surface area contributed by atoms with Gasteiger partial charge in [-0.3, -0.25) is 4.79 Å². The highest BCUT2D eigenvalue weighted by atomic mass is 32.2. The molecule has 0 saturated carbocycles. The van der Waals surface area contributed by atoms with Crippen molar-refractivity contribution in [3.63, 3.8) is 0 Å². The van der Waals surface area contributed by atoms with Crippen LogP contribution in [0.5, 0.6) is 0 Å². The first-order chi connectivity index (χ1) is 9.53. The number of sulfone groups is 1. The predicted octanol–water partition coefficient (Wildman–Crippen LogP) is 1.23. The van der Waals surface area contributed by atoms with Gasteiger partial charge in [-0.05, 0) is 19.4 Å². The monoisotopic (exact) mass is 322 g/mol. The van der Waals surface area contributed by atoms with E-state index in [9.17, 15) is 13.2 Å². The Labute approximate surface area is 126 Å². The fraction of sp³-hybridized carbons (Fsp3) is 0.923. The van der Waals surface area contributed by atoms with Crippen LogP contribution >= 0.6 is 11.8 Å². The Hall–Kier alpha value is -0.270. The molecule has 0 radical (unpaired) electrons. The molecule has 0 spiro atoms. The van der Waals surface area contributed by atoms with Gasteiger partial charge in [0, 0.05) is 30.2 Å². The molecule has 0 aromatic rings. The van der Waals surface area contributed by atoms with Crippen molar-refractivity contribution < 1.29 is 13.2 Å². The first-order valence-electron chi connectivity index (χ1n) is 7.31. The molecule has 0 aromatic heterocycles. The van der Waals surface area contributed by atoms with Crippen molar-refractivity contribution >= 4 is 27.5 Å². The minimum absolute atomic E-state index is 0.0138. The molecule has 20 heavy (non-hydrogen) atoms. The number of carbonyl (C=O) groups is 1. The molecule has 2 N–H and O–H groups in total. The third-order valence-electron chi connectivity index (χ3n) is 3.57. The number of amides is 1. The Morgan fingerprint density at radius 2 is 2.00 bits per heavy atom. The summed E-state index contributed by atoms with van der Waals surface area (Å²) < 4.78 is 24.1. The average molecular weight is 322 g/mol. The number of rotatable bonds is 8. The van der Waals surface area contributed by atoms with Crippen molar-refractivity contribution in [2.75, 3.05) is 30.3 Å². The molecule has 1 aliphatic rings. The van der Waals surface area contributed by atoms with E-state index in [0.29, 0.717) is 25.3 Å². The van der Waals surface area contributed by atoms with Crippen LogP contribution in [0.3, 0.4) is 0 Å². The maximum Gasteiger partial charge on any atom is 0.223 e. The molecule has 1 rings (SSSR count). The minimum atomic E-state index is -3.19. The van der Waals surface area contributed by atoms with Gasteiger partial charge in [-0.1, -0.05) is 19.8 Å². The van der Waals surface area contributed by atoms with Crippen molar-refractivity contribution in [2.24, 2.45) is 5.73 Å². The molecular formula is C13H26N2O3S2. The van der Waals surface area contributed by atoms with E-state index < -0.39 is 15.2 Å². The van der Waals surface area contributed by atoms with Crippen molar-refractivity contribution in [3.05, 3.63) is 0 Å². The summed E-state index contributed by atoms with van der Waals surface area (Å²) in [6.07, 6.45) is 4.28. The summed E-state index contributed by atoms with van der Waals surface area (Å²) in [5.41, 5.74) is 5.42. The SMILES string of the molecule is CCS(=O)(=O)C1CSCCN1C(=O)CCCCCCN. The number of hydrogen-bond donors (Lipinski definition) is 1. The summed E-state index contributed by atoms with van der Waals surface area (Å²) in [6, 6.07) is 0. The zero-order valence-electron chi connectivity index (χ0n) is 12.2. The molecule has 1 fully saturated rings. The van der Waals surface area contributed by atoms with Crippen LogP contribution in [0.2, 0.25) is 0 Å². The molecule has 1 heterocycles. The highest BCUT2D eigenvalue weighted by Crippen LogP contribution is 2.22. The van der Waals surface area contributed by atoms with Gasteiger partial charge in [-0.15, -0.1) is 0 Å². The second-order valence-corrected chi connectivity index (χ2v) is 8.62. The van der Waals surface area contributed by atoms with Crippen LogP contribution in [0.4, 0.5) is 0 Å². The van der Waals surface area contributed by atoms with Gasteiger partial charge in [0.2, 0.25) is 5.91 Å². The zero-order chi connectivity index (χ0) is 15.0. The van der Waals surface area contributed by atoms with Crippen molar-refractivity contribution in [1.29, 1.82) is 0 Å². The third kappa shape index (κ3) is 5.26. The van der Waals surface area contributed by atoms with Crippen LogP contribution in [0, 0.1) is 0 Å². The van der Waals surface area contributed by atoms with Gasteiger partial charge in [-0.25, -0.2) is 8.42 Å². The smallest absolute Gasteiger partial charge is 0.223 e. The zero-order valence-corrected chi connectivity index (χ0v) is 13.8. The number of carbonyl (C=O) groups excluding carboxylic acids is 1. The predicted molar refractivity (Wildman–Crippen MR) is 84.4 cm³/mol. The van der Waals surface area contributed by atoms with E-state index in [1.54, 1.807) is 23.6 Å². The Balaban J connectivity index is 2.51. The Morgan fingerprint density at radius 1 is 1.30 bits per heavy atom. The van der Waals surface area contributed by atoms with Gasteiger partial charge < -0.3 is 10.6 Å². The van der Waals surface area contributed by atoms with Crippen LogP contribution in [-0.2, 0) is 14.6 Å². The molecule has 1 unspecified atom stereocenters. The number of nitrogens with zero attached hydrogens (tertiary/aromatic N) is 1. The molecule has 5 nitrogen and oxygen atoms in total. The van der Waals surface area contributed by atoms with Gasteiger partial charge in [0.05, 0.1) is 0 Å². The molecule has 1 atom stereocenters. The lowest BCUT2D eigenvalue weighted by Crippen LogP contribution is -2.50. The molecular weight excluding hydrogens is 296 g/mol. The highest BCUT2D eigenvalue weighted by Gasteiger charge is 2.35. The standard InChI is InChI=1S/C13H26N2O3S2/c1-2-20(17,18)13-11-19-10-9-15(13)12(16)7-5-3-4-6-8-14/h13H,2-11,14H2,1H3. The topological polar surface area (TPSA) is 80.5 Å². The number of thioether (sulfide) groups is 1. The lowest BCUT2D eigenvalue weighted by molar-refractivity contribution is -0.131. The maximum absolute atomic E-state index is 12.2. The van der Waals surface area contributed by atoms with Gasteiger partial charge >= 0.3 is 0 Å². The lowest BCUT2D eigenvalue weighted by atomic mass is 10.1. The van der Waals surface area contributed by atoms with E-state index in [4.69, 9.17) is 5.73 Å². The summed E-state index contributed by atoms with van der Waals surface area (Å²) in [5, 5.41) is -0.622. The van der Waals surface area contributed by atoms with E-state index in [1.807, 2.05) is 0 Å². The Bertz CT molecular complexity index is 398. The fourth-order valence-corrected chi connectivity index (χ4v) is 5.26. The molecule has 1 aliphatic heterocycles. The molecule has 1 saturated heterocycles. The summed E-state index contributed by atoms with van der Waals surface area (Å²) in [6.45, 7) is 2.88. The van der Waals surface area contributed by atoms with Gasteiger partial charge in [0.25, 0.3) is 0 Å². The molecule has 0 aromatic carbocycles. The Kier molecular flexibility index (Phi) is 7.91. The minimum Gasteiger partial charge on any atom is -0.330 e. The van der Waals surface area contributed by atoms with E-state index in [1.165, 1.54) is 0 Å². The Morgan fingerprint density at radius 3 is 2.65 bits per heavy atom. The first-order valence-corrected chi connectivity index (χ1v) is 10.2. The largest absolute Gasteiger partial charge is 0.330 e. The summed E-state index contributed by atoms with van der Waals surface area (Å²) in [7, 11) is -3.19. The van der Waals surface area contributed by atoms with E-state index in [2.05, 4.69) is 0 Å². The van der Waals surface area contributed by atoms with E-state index in [0.717, 1.165) is 31.4 Å². The van der Waals surface area contributed by atoms with Crippen molar-refractivity contribution in [2.45, 2.75) is 44.4 Å². The van der Waals surface area contributed by atoms with Crippen LogP contribution in [0.15, 0.2) is 0 Å². The quantitative estimate of drug-likeness (QED) is 0.680. The van der Waals surface area contributed by atoms with Gasteiger partial charge in [0.1, 0.15) is 5.37 Å². The average Bonchev–Trinajstić information content (AvgIpc) is 2.47. The van der Waals surface area contributed by atoms with Crippen LogP contribution in [-0.4, -0.2) is 54.9 Å². The second kappa shape index (κ2) is 8.89. The van der Waals surface area contributed by atoms with Crippen LogP contribution < -0.4 is 5.73 Å². The molecule has 0 aliphatic carbocycles. The molecule has 1 amide bonds. The number of nitrogens with two attached hydrogens (primary N) is 1. The normalized spacial score (nSPS) is 20.1. The van der Waals surface area contributed by atoms with Gasteiger partial charge in [-0.2, -0.15) is 11.8 Å². The number of unbranched alkanes of at least 4 members (excludes halogenated alkanes) is 3. The van der Waals surface area contributed by atoms with Crippen LogP contribution in [0.1, 0.15) is 39.0 Å². The van der Waals surface area contributed by atoms with E-state index >= 15 is 0 Å². The van der Waals surface area contributed by atoms with Crippen LogP contribution in [0.25, 0.3) is 0 Å². The van der Waals surface area contributed by atoms with Crippen molar-refractivity contribution in [1.82, 2.24) is 4.90 Å². The molecule has 118 valence electrons. The molecule has 7 heteroatoms. The maximum atomic E-state index is 12.2. The van der Waals surface area contributed by atoms with E-state index in [-0.39, 0.29) is 11.7 Å². The second-order valence-electron chi connectivity index (χ2n) is 5.02. The summed E-state index contributed by atoms with van der Waals surface area (Å²) in [5.74, 6) is 1.42. The molecule has 0 bridgehead atoms. The highest BCUT2D eigenvalue weighted by molar-refractivity contribution is 8.01.